The van der Waals surface area contributed by atoms with Gasteiger partial charge < -0.3 is 9.64 Å². The number of ether oxygens (including phenoxy) is 1. The minimum atomic E-state index is -0.830. The van der Waals surface area contributed by atoms with Crippen molar-refractivity contribution in [1.29, 1.82) is 0 Å². The molecule has 1 saturated carbocycles. The van der Waals surface area contributed by atoms with E-state index < -0.39 is 11.7 Å². The zero-order valence-electron chi connectivity index (χ0n) is 18.2. The van der Waals surface area contributed by atoms with Crippen molar-refractivity contribution in [3.05, 3.63) is 58.9 Å². The lowest BCUT2D eigenvalue weighted by atomic mass is 9.91. The van der Waals surface area contributed by atoms with Crippen LogP contribution in [0.15, 0.2) is 47.6 Å². The maximum absolute atomic E-state index is 13.4. The molecule has 1 aromatic carbocycles. The van der Waals surface area contributed by atoms with Gasteiger partial charge in [0.25, 0.3) is 0 Å². The number of benzene rings is 1. The largest absolute Gasteiger partial charge is 0.436 e. The molecule has 0 aromatic heterocycles. The van der Waals surface area contributed by atoms with E-state index in [1.165, 1.54) is 17.0 Å². The molecule has 1 spiro atoms. The molecule has 0 N–H and O–H groups in total. The topological polar surface area (TPSA) is 66.9 Å². The minimum Gasteiger partial charge on any atom is -0.436 e. The lowest BCUT2D eigenvalue weighted by Gasteiger charge is -2.31. The summed E-state index contributed by atoms with van der Waals surface area (Å²) in [5.41, 5.74) is 1.58. The Hall–Kier alpha value is -2.96. The van der Waals surface area contributed by atoms with Crippen molar-refractivity contribution >= 4 is 17.8 Å². The van der Waals surface area contributed by atoms with Crippen molar-refractivity contribution in [2.24, 2.45) is 5.92 Å². The van der Waals surface area contributed by atoms with E-state index in [2.05, 4.69) is 0 Å². The second-order valence-corrected chi connectivity index (χ2v) is 9.37. The van der Waals surface area contributed by atoms with Gasteiger partial charge in [0.15, 0.2) is 11.4 Å². The number of fused-ring (bicyclic) bond motifs is 1. The molecule has 6 nitrogen and oxygen atoms in total. The average Bonchev–Trinajstić information content (AvgIpc) is 3.50. The SMILES string of the molecule is CC(C1CC1)N(Cc1ccc(F)cc1)C(=O)CN1CC2(CCC3=C2C=CCC3=O)OC1=O. The summed E-state index contributed by atoms with van der Waals surface area (Å²) in [7, 11) is 0. The number of hydrogen-bond donors (Lipinski definition) is 0. The third-order valence-electron chi connectivity index (χ3n) is 7.21. The van der Waals surface area contributed by atoms with Crippen LogP contribution in [0.4, 0.5) is 9.18 Å². The number of ketones is 1. The summed E-state index contributed by atoms with van der Waals surface area (Å²) in [5.74, 6) is 0.0866. The predicted octanol–water partition coefficient (Wildman–Crippen LogP) is 3.76. The van der Waals surface area contributed by atoms with Crippen molar-refractivity contribution in [3.63, 3.8) is 0 Å². The van der Waals surface area contributed by atoms with Crippen LogP contribution in [0, 0.1) is 11.7 Å². The van der Waals surface area contributed by atoms with Crippen molar-refractivity contribution in [2.45, 2.75) is 57.2 Å². The third-order valence-corrected chi connectivity index (χ3v) is 7.21. The van der Waals surface area contributed by atoms with Gasteiger partial charge >= 0.3 is 6.09 Å². The predicted molar refractivity (Wildman–Crippen MR) is 115 cm³/mol. The summed E-state index contributed by atoms with van der Waals surface area (Å²) in [5, 5.41) is 0. The highest BCUT2D eigenvalue weighted by atomic mass is 19.1. The Morgan fingerprint density at radius 3 is 2.75 bits per heavy atom. The summed E-state index contributed by atoms with van der Waals surface area (Å²) in [4.78, 5) is 41.6. The summed E-state index contributed by atoms with van der Waals surface area (Å²) >= 11 is 0. The van der Waals surface area contributed by atoms with E-state index in [0.29, 0.717) is 31.7 Å². The Morgan fingerprint density at radius 1 is 1.28 bits per heavy atom. The van der Waals surface area contributed by atoms with Crippen LogP contribution in [-0.4, -0.2) is 52.3 Å². The first kappa shape index (κ1) is 20.9. The van der Waals surface area contributed by atoms with Crippen LogP contribution in [0.1, 0.15) is 44.6 Å². The highest BCUT2D eigenvalue weighted by Crippen LogP contribution is 2.45. The Kier molecular flexibility index (Phi) is 5.14. The van der Waals surface area contributed by atoms with Gasteiger partial charge in [-0.3, -0.25) is 14.5 Å². The number of carbonyl (C=O) groups excluding carboxylic acids is 3. The van der Waals surface area contributed by atoms with E-state index in [1.807, 2.05) is 19.1 Å². The van der Waals surface area contributed by atoms with Gasteiger partial charge in [-0.05, 0) is 56.2 Å². The van der Waals surface area contributed by atoms with Crippen molar-refractivity contribution in [3.8, 4) is 0 Å². The van der Waals surface area contributed by atoms with Gasteiger partial charge in [0.2, 0.25) is 5.91 Å². The second kappa shape index (κ2) is 7.87. The Labute approximate surface area is 186 Å². The average molecular weight is 438 g/mol. The molecule has 0 radical (unpaired) electrons. The molecule has 1 saturated heterocycles. The number of nitrogens with zero attached hydrogens (tertiary/aromatic N) is 2. The first-order valence-corrected chi connectivity index (χ1v) is 11.3. The van der Waals surface area contributed by atoms with Crippen molar-refractivity contribution in [1.82, 2.24) is 9.80 Å². The Balaban J connectivity index is 1.32. The molecule has 2 amide bonds. The van der Waals surface area contributed by atoms with Crippen LogP contribution in [0.5, 0.6) is 0 Å². The van der Waals surface area contributed by atoms with E-state index in [9.17, 15) is 18.8 Å². The summed E-state index contributed by atoms with van der Waals surface area (Å²) in [6, 6.07) is 6.21. The van der Waals surface area contributed by atoms with Crippen LogP contribution in [0.25, 0.3) is 0 Å². The molecule has 2 unspecified atom stereocenters. The number of rotatable bonds is 6. The van der Waals surface area contributed by atoms with Crippen LogP contribution >= 0.6 is 0 Å². The Bertz CT molecular complexity index is 1030. The first-order valence-electron chi connectivity index (χ1n) is 11.3. The smallest absolute Gasteiger partial charge is 0.411 e. The van der Waals surface area contributed by atoms with Crippen molar-refractivity contribution < 1.29 is 23.5 Å². The fourth-order valence-corrected chi connectivity index (χ4v) is 5.18. The Morgan fingerprint density at radius 2 is 2.03 bits per heavy atom. The van der Waals surface area contributed by atoms with Crippen LogP contribution < -0.4 is 0 Å². The molecule has 168 valence electrons. The van der Waals surface area contributed by atoms with Gasteiger partial charge in [0.05, 0.1) is 6.54 Å². The molecule has 1 aliphatic heterocycles. The standard InChI is InChI=1S/C25H27FN2O4/c1-16(18-7-8-18)28(13-17-5-9-19(26)10-6-17)23(30)14-27-15-25(32-24(27)31)12-11-20-21(25)3-2-4-22(20)29/h2-3,5-6,9-10,16,18H,4,7-8,11-15H2,1H3. The van der Waals surface area contributed by atoms with E-state index in [0.717, 1.165) is 29.6 Å². The normalized spacial score (nSPS) is 25.4. The highest BCUT2D eigenvalue weighted by Gasteiger charge is 2.52. The maximum atomic E-state index is 13.4. The molecule has 4 aliphatic rings. The molecule has 5 rings (SSSR count). The van der Waals surface area contributed by atoms with E-state index in [1.54, 1.807) is 17.0 Å². The number of Topliss-reactive ketones (excluding diaryl/α,β-unsaturated/α-hetero) is 1. The van der Waals surface area contributed by atoms with Gasteiger partial charge in [0, 0.05) is 30.2 Å². The number of halogens is 1. The van der Waals surface area contributed by atoms with Gasteiger partial charge in [0.1, 0.15) is 12.4 Å². The van der Waals surface area contributed by atoms with Gasteiger partial charge in [-0.25, -0.2) is 9.18 Å². The van der Waals surface area contributed by atoms with E-state index in [-0.39, 0.29) is 36.6 Å². The third kappa shape index (κ3) is 3.74. The molecule has 1 heterocycles. The number of hydrogen-bond acceptors (Lipinski definition) is 4. The fraction of sp³-hybridized carbons (Fsp3) is 0.480. The number of allylic oxidation sites excluding steroid dienone is 2. The highest BCUT2D eigenvalue weighted by molar-refractivity contribution is 6.00. The molecular weight excluding hydrogens is 411 g/mol. The first-order chi connectivity index (χ1) is 15.4. The second-order valence-electron chi connectivity index (χ2n) is 9.37. The lowest BCUT2D eigenvalue weighted by molar-refractivity contribution is -0.135. The molecule has 2 atom stereocenters. The fourth-order valence-electron chi connectivity index (χ4n) is 5.18. The summed E-state index contributed by atoms with van der Waals surface area (Å²) in [6.07, 6.45) is 6.93. The molecule has 3 aliphatic carbocycles. The van der Waals surface area contributed by atoms with E-state index >= 15 is 0 Å². The lowest BCUT2D eigenvalue weighted by Crippen LogP contribution is -2.46. The number of carbonyl (C=O) groups is 3. The molecule has 0 bridgehead atoms. The van der Waals surface area contributed by atoms with Crippen LogP contribution in [0.2, 0.25) is 0 Å². The molecular formula is C25H27FN2O4. The van der Waals surface area contributed by atoms with Crippen LogP contribution in [-0.2, 0) is 20.9 Å². The van der Waals surface area contributed by atoms with Gasteiger partial charge in [-0.15, -0.1) is 0 Å². The maximum Gasteiger partial charge on any atom is 0.411 e. The zero-order valence-corrected chi connectivity index (χ0v) is 18.2. The van der Waals surface area contributed by atoms with Gasteiger partial charge in [-0.1, -0.05) is 24.3 Å². The number of amides is 2. The van der Waals surface area contributed by atoms with Crippen LogP contribution in [0.3, 0.4) is 0 Å². The minimum absolute atomic E-state index is 0.0415. The van der Waals surface area contributed by atoms with E-state index in [4.69, 9.17) is 4.74 Å². The molecule has 2 fully saturated rings. The van der Waals surface area contributed by atoms with Crippen molar-refractivity contribution in [2.75, 3.05) is 13.1 Å². The molecule has 32 heavy (non-hydrogen) atoms. The summed E-state index contributed by atoms with van der Waals surface area (Å²) in [6.45, 7) is 2.61. The quantitative estimate of drug-likeness (QED) is 0.678. The van der Waals surface area contributed by atoms with Gasteiger partial charge in [-0.2, -0.15) is 0 Å². The zero-order chi connectivity index (χ0) is 22.5. The summed E-state index contributed by atoms with van der Waals surface area (Å²) < 4.78 is 19.1. The monoisotopic (exact) mass is 438 g/mol. The molecule has 7 heteroatoms. The molecule has 1 aromatic rings.